The number of nitro benzene ring substituents is 3. The standard InChI is InChI=1S/C57H51N3O9/c1-4-7-28-67-55-37-49-34-47-32-44(20-11-41-15-24-53(25-16-41)59(63)64)57(69-30-9-6-3)39-51(47)36-48-33-45(21-12-42-17-26-54(27-18-42)60(65)66)56(68-29-8-5-2)38-50(48)35-46(49)31-43(55)19-10-40-13-22-52(23-14-40)58(61)62/h13-18,22-27,31-33,37-39H,4-9,28-30,34-36H2,1-3H3. The van der Waals surface area contributed by atoms with E-state index in [0.717, 1.165) is 71.9 Å². The van der Waals surface area contributed by atoms with Crippen molar-refractivity contribution in [2.45, 2.75) is 78.6 Å². The second-order valence-electron chi connectivity index (χ2n) is 16.6. The zero-order valence-corrected chi connectivity index (χ0v) is 38.9. The molecule has 0 bridgehead atoms. The summed E-state index contributed by atoms with van der Waals surface area (Å²) in [7, 11) is 0. The van der Waals surface area contributed by atoms with Gasteiger partial charge in [0.05, 0.1) is 51.3 Å². The van der Waals surface area contributed by atoms with Gasteiger partial charge in [-0.05, 0) is 145 Å². The molecule has 0 N–H and O–H groups in total. The van der Waals surface area contributed by atoms with Gasteiger partial charge in [0.15, 0.2) is 0 Å². The van der Waals surface area contributed by atoms with Crippen LogP contribution in [0, 0.1) is 65.9 Å². The SMILES string of the molecule is CCCCOc1cc2c(cc1C#Cc1ccc([N+](=O)[O-])cc1)Cc1cc(OCCCC)c(C#Cc3ccc([N+](=O)[O-])cc3)cc1Cc1cc(OCCCC)c(C#Cc3ccc([N+](=O)[O-])cc3)cc1C2. The van der Waals surface area contributed by atoms with Gasteiger partial charge in [-0.25, -0.2) is 0 Å². The fraction of sp³-hybridized carbons (Fsp3) is 0.263. The maximum atomic E-state index is 11.4. The molecule has 0 atom stereocenters. The Balaban J connectivity index is 1.43. The topological polar surface area (TPSA) is 157 Å². The Morgan fingerprint density at radius 1 is 0.391 bits per heavy atom. The summed E-state index contributed by atoms with van der Waals surface area (Å²) in [5.74, 6) is 21.5. The minimum Gasteiger partial charge on any atom is -0.492 e. The minimum atomic E-state index is -0.436. The quantitative estimate of drug-likeness (QED) is 0.0422. The second-order valence-corrected chi connectivity index (χ2v) is 16.6. The molecule has 7 rings (SSSR count). The largest absolute Gasteiger partial charge is 0.492 e. The molecule has 12 heteroatoms. The average Bonchev–Trinajstić information content (AvgIpc) is 3.40. The van der Waals surface area contributed by atoms with Gasteiger partial charge >= 0.3 is 0 Å². The molecular weight excluding hydrogens is 871 g/mol. The van der Waals surface area contributed by atoms with E-state index in [4.69, 9.17) is 14.2 Å². The monoisotopic (exact) mass is 921 g/mol. The lowest BCUT2D eigenvalue weighted by Gasteiger charge is -2.17. The average molecular weight is 922 g/mol. The van der Waals surface area contributed by atoms with E-state index in [-0.39, 0.29) is 17.1 Å². The third-order valence-corrected chi connectivity index (χ3v) is 11.6. The van der Waals surface area contributed by atoms with Gasteiger partial charge in [0, 0.05) is 53.1 Å². The number of hydrogen-bond donors (Lipinski definition) is 0. The van der Waals surface area contributed by atoms with Crippen LogP contribution in [0.5, 0.6) is 17.2 Å². The Labute approximate surface area is 402 Å². The number of hydrogen-bond acceptors (Lipinski definition) is 9. The summed E-state index contributed by atoms with van der Waals surface area (Å²) >= 11 is 0. The molecule has 0 aliphatic heterocycles. The highest BCUT2D eigenvalue weighted by molar-refractivity contribution is 5.62. The van der Waals surface area contributed by atoms with E-state index in [1.807, 2.05) is 0 Å². The van der Waals surface area contributed by atoms with E-state index >= 15 is 0 Å². The number of ether oxygens (including phenoxy) is 3. The van der Waals surface area contributed by atoms with Gasteiger partial charge in [0.2, 0.25) is 0 Å². The normalized spacial score (nSPS) is 11.2. The third kappa shape index (κ3) is 12.9. The van der Waals surface area contributed by atoms with Crippen LogP contribution in [0.1, 0.15) is 126 Å². The third-order valence-electron chi connectivity index (χ3n) is 11.6. The zero-order valence-electron chi connectivity index (χ0n) is 38.9. The summed E-state index contributed by atoms with van der Waals surface area (Å²) in [4.78, 5) is 32.8. The number of non-ortho nitro benzene ring substituents is 3. The van der Waals surface area contributed by atoms with E-state index in [1.54, 1.807) is 36.4 Å². The van der Waals surface area contributed by atoms with E-state index in [2.05, 4.69) is 92.7 Å². The smallest absolute Gasteiger partial charge is 0.269 e. The highest BCUT2D eigenvalue weighted by Gasteiger charge is 2.22. The summed E-state index contributed by atoms with van der Waals surface area (Å²) < 4.78 is 19.4. The molecule has 0 spiro atoms. The van der Waals surface area contributed by atoms with Gasteiger partial charge in [-0.1, -0.05) is 75.6 Å². The Bertz CT molecular complexity index is 2720. The Morgan fingerprint density at radius 3 is 0.870 bits per heavy atom. The first-order chi connectivity index (χ1) is 33.5. The van der Waals surface area contributed by atoms with Crippen LogP contribution >= 0.6 is 0 Å². The Morgan fingerprint density at radius 2 is 0.638 bits per heavy atom. The van der Waals surface area contributed by atoms with Crippen molar-refractivity contribution in [2.75, 3.05) is 19.8 Å². The van der Waals surface area contributed by atoms with Crippen LogP contribution in [-0.4, -0.2) is 34.6 Å². The molecule has 0 aromatic heterocycles. The van der Waals surface area contributed by atoms with Crippen LogP contribution in [0.2, 0.25) is 0 Å². The molecule has 348 valence electrons. The summed E-state index contributed by atoms with van der Waals surface area (Å²) in [5.41, 5.74) is 10.0. The fourth-order valence-electron chi connectivity index (χ4n) is 7.65. The van der Waals surface area contributed by atoms with Crippen molar-refractivity contribution >= 4 is 17.1 Å². The van der Waals surface area contributed by atoms with Crippen LogP contribution in [-0.2, 0) is 19.3 Å². The molecule has 6 aromatic carbocycles. The van der Waals surface area contributed by atoms with Crippen molar-refractivity contribution in [3.8, 4) is 52.8 Å². The number of nitrogens with zero attached hydrogens (tertiary/aromatic N) is 3. The summed E-state index contributed by atoms with van der Waals surface area (Å²) in [6.07, 6.45) is 6.91. The number of nitro groups is 3. The highest BCUT2D eigenvalue weighted by Crippen LogP contribution is 2.37. The lowest BCUT2D eigenvalue weighted by atomic mass is 9.92. The molecule has 1 aliphatic rings. The van der Waals surface area contributed by atoms with Gasteiger partial charge < -0.3 is 14.2 Å². The lowest BCUT2D eigenvalue weighted by Crippen LogP contribution is -2.05. The van der Waals surface area contributed by atoms with E-state index in [0.29, 0.717) is 89.7 Å². The van der Waals surface area contributed by atoms with Gasteiger partial charge in [-0.3, -0.25) is 30.3 Å². The van der Waals surface area contributed by atoms with Gasteiger partial charge in [-0.15, -0.1) is 0 Å². The summed E-state index contributed by atoms with van der Waals surface area (Å²) in [6.45, 7) is 7.78. The maximum absolute atomic E-state index is 11.4. The first kappa shape index (κ1) is 48.5. The molecule has 0 saturated heterocycles. The van der Waals surface area contributed by atoms with Gasteiger partial charge in [-0.2, -0.15) is 0 Å². The van der Waals surface area contributed by atoms with E-state index in [9.17, 15) is 30.3 Å². The first-order valence-corrected chi connectivity index (χ1v) is 23.2. The molecule has 0 saturated carbocycles. The maximum Gasteiger partial charge on any atom is 0.269 e. The molecule has 1 aliphatic carbocycles. The van der Waals surface area contributed by atoms with Gasteiger partial charge in [0.1, 0.15) is 17.2 Å². The Kier molecular flexibility index (Phi) is 16.4. The number of benzene rings is 6. The summed E-state index contributed by atoms with van der Waals surface area (Å²) in [6, 6.07) is 31.0. The molecule has 6 aromatic rings. The zero-order chi connectivity index (χ0) is 48.7. The summed E-state index contributed by atoms with van der Waals surface area (Å²) in [5, 5.41) is 34.1. The molecular formula is C57H51N3O9. The predicted octanol–water partition coefficient (Wildman–Crippen LogP) is 12.2. The number of rotatable bonds is 15. The molecule has 12 nitrogen and oxygen atoms in total. The van der Waals surface area contributed by atoms with Crippen LogP contribution in [0.4, 0.5) is 17.1 Å². The molecule has 0 radical (unpaired) electrons. The first-order valence-electron chi connectivity index (χ1n) is 23.2. The second kappa shape index (κ2) is 23.4. The van der Waals surface area contributed by atoms with Crippen molar-refractivity contribution in [3.05, 3.63) is 206 Å². The van der Waals surface area contributed by atoms with Crippen LogP contribution in [0.15, 0.2) is 109 Å². The molecule has 0 unspecified atom stereocenters. The number of fused-ring (bicyclic) bond motifs is 3. The predicted molar refractivity (Wildman–Crippen MR) is 266 cm³/mol. The highest BCUT2D eigenvalue weighted by atomic mass is 16.6. The minimum absolute atomic E-state index is 0.0149. The van der Waals surface area contributed by atoms with E-state index in [1.165, 1.54) is 36.4 Å². The van der Waals surface area contributed by atoms with Crippen molar-refractivity contribution in [1.82, 2.24) is 0 Å². The lowest BCUT2D eigenvalue weighted by molar-refractivity contribution is -0.385. The van der Waals surface area contributed by atoms with Crippen molar-refractivity contribution in [3.63, 3.8) is 0 Å². The van der Waals surface area contributed by atoms with Crippen molar-refractivity contribution in [2.24, 2.45) is 0 Å². The molecule has 0 amide bonds. The van der Waals surface area contributed by atoms with E-state index < -0.39 is 14.8 Å². The Hall–Kier alpha value is -8.40. The van der Waals surface area contributed by atoms with Crippen LogP contribution in [0.25, 0.3) is 0 Å². The van der Waals surface area contributed by atoms with Crippen LogP contribution < -0.4 is 14.2 Å². The van der Waals surface area contributed by atoms with Crippen molar-refractivity contribution < 1.29 is 29.0 Å². The molecule has 0 fully saturated rings. The number of unbranched alkanes of at least 4 members (excludes halogenated alkanes) is 3. The fourth-order valence-corrected chi connectivity index (χ4v) is 7.65. The molecule has 0 heterocycles. The van der Waals surface area contributed by atoms with Crippen molar-refractivity contribution in [1.29, 1.82) is 0 Å². The van der Waals surface area contributed by atoms with Gasteiger partial charge in [0.25, 0.3) is 17.1 Å². The van der Waals surface area contributed by atoms with Crippen LogP contribution in [0.3, 0.4) is 0 Å². The molecule has 69 heavy (non-hydrogen) atoms.